The molecule has 1 fully saturated rings. The van der Waals surface area contributed by atoms with Crippen LogP contribution in [-0.2, 0) is 30.1 Å². The number of carbonyl (C=O) groups is 1. The summed E-state index contributed by atoms with van der Waals surface area (Å²) in [5.41, 5.74) is -1.69. The molecule has 0 atom stereocenters. The van der Waals surface area contributed by atoms with Gasteiger partial charge in [0.1, 0.15) is 5.75 Å². The molecule has 0 spiro atoms. The van der Waals surface area contributed by atoms with Crippen LogP contribution in [0.3, 0.4) is 0 Å². The fraction of sp³-hybridized carbons (Fsp3) is 0.435. The number of aryl methyl sites for hydroxylation is 1. The molecule has 1 N–H and O–H groups in total. The Morgan fingerprint density at radius 1 is 1.03 bits per heavy atom. The number of hydrogen-bond donors (Lipinski definition) is 1. The van der Waals surface area contributed by atoms with Crippen LogP contribution < -0.4 is 4.74 Å². The number of ether oxygens (including phenoxy) is 1. The largest absolute Gasteiger partial charge is 0.494 e. The average molecular weight is 475 g/mol. The van der Waals surface area contributed by atoms with Crippen LogP contribution in [0.15, 0.2) is 42.5 Å². The van der Waals surface area contributed by atoms with E-state index in [4.69, 9.17) is 9.84 Å². The molecule has 1 heterocycles. The molecule has 180 valence electrons. The molecule has 0 amide bonds. The summed E-state index contributed by atoms with van der Waals surface area (Å²) in [5, 5.41) is 8.76. The van der Waals surface area contributed by atoms with Crippen molar-refractivity contribution in [2.45, 2.75) is 38.2 Å². The smallest absolute Gasteiger partial charge is 0.416 e. The lowest BCUT2D eigenvalue weighted by molar-refractivity contribution is -0.142. The van der Waals surface area contributed by atoms with Gasteiger partial charge in [0.2, 0.25) is 0 Å². The molecule has 0 unspecified atom stereocenters. The van der Waals surface area contributed by atoms with Gasteiger partial charge >= 0.3 is 18.3 Å². The van der Waals surface area contributed by atoms with Crippen LogP contribution in [0, 0.1) is 5.92 Å². The van der Waals surface area contributed by atoms with Crippen molar-refractivity contribution in [3.8, 4) is 5.75 Å². The maximum absolute atomic E-state index is 13.2. The number of nitrogens with zero attached hydrogens (tertiary/aromatic N) is 1. The molecule has 1 saturated heterocycles. The van der Waals surface area contributed by atoms with Crippen LogP contribution in [0.1, 0.15) is 35.1 Å². The Bertz CT molecular complexity index is 967. The summed E-state index contributed by atoms with van der Waals surface area (Å²) in [4.78, 5) is 12.4. The zero-order valence-corrected chi connectivity index (χ0v) is 17.5. The highest BCUT2D eigenvalue weighted by Crippen LogP contribution is 2.37. The van der Waals surface area contributed by atoms with Crippen LogP contribution in [0.4, 0.5) is 26.3 Å². The molecular weight excluding hydrogens is 452 g/mol. The van der Waals surface area contributed by atoms with E-state index in [1.165, 1.54) is 0 Å². The van der Waals surface area contributed by atoms with Crippen molar-refractivity contribution in [2.24, 2.45) is 5.92 Å². The molecule has 3 rings (SSSR count). The first-order valence-electron chi connectivity index (χ1n) is 10.3. The first-order valence-corrected chi connectivity index (χ1v) is 10.3. The van der Waals surface area contributed by atoms with Crippen molar-refractivity contribution in [1.82, 2.24) is 4.90 Å². The van der Waals surface area contributed by atoms with Crippen molar-refractivity contribution in [3.05, 3.63) is 64.7 Å². The highest BCUT2D eigenvalue weighted by Gasteiger charge is 2.38. The van der Waals surface area contributed by atoms with E-state index in [1.807, 2.05) is 6.07 Å². The molecule has 2 aromatic rings. The van der Waals surface area contributed by atoms with Gasteiger partial charge in [-0.3, -0.25) is 9.69 Å². The van der Waals surface area contributed by atoms with E-state index in [9.17, 15) is 31.1 Å². The zero-order chi connectivity index (χ0) is 24.2. The van der Waals surface area contributed by atoms with E-state index in [0.29, 0.717) is 56.5 Å². The Morgan fingerprint density at radius 2 is 1.76 bits per heavy atom. The standard InChI is InChI=1S/C23H23F6NO3/c24-22(25,26)18-5-6-20(23(27,28)29)17(11-18)14-30-12-16(13-30)8-9-33-19-3-1-2-15(10-19)4-7-21(31)32/h1-3,5-6,10-11,16H,4,7-9,12-14H2,(H,31,32). The van der Waals surface area contributed by atoms with Crippen molar-refractivity contribution in [2.75, 3.05) is 19.7 Å². The molecule has 2 aromatic carbocycles. The molecule has 4 nitrogen and oxygen atoms in total. The quantitative estimate of drug-likeness (QED) is 0.477. The summed E-state index contributed by atoms with van der Waals surface area (Å²) in [6.45, 7) is 1.10. The molecule has 0 aromatic heterocycles. The lowest BCUT2D eigenvalue weighted by Gasteiger charge is -2.39. The van der Waals surface area contributed by atoms with Gasteiger partial charge in [-0.15, -0.1) is 0 Å². The third-order valence-corrected chi connectivity index (χ3v) is 5.49. The Hall–Kier alpha value is -2.75. The average Bonchev–Trinajstić information content (AvgIpc) is 2.69. The number of carboxylic acids is 1. The number of rotatable bonds is 9. The molecule has 10 heteroatoms. The van der Waals surface area contributed by atoms with Gasteiger partial charge in [-0.05, 0) is 60.2 Å². The molecule has 33 heavy (non-hydrogen) atoms. The Kier molecular flexibility index (Phi) is 7.56. The number of benzene rings is 2. The van der Waals surface area contributed by atoms with Crippen LogP contribution in [-0.4, -0.2) is 35.7 Å². The van der Waals surface area contributed by atoms with E-state index in [0.717, 1.165) is 5.56 Å². The summed E-state index contributed by atoms with van der Waals surface area (Å²) in [6.07, 6.45) is -8.39. The number of likely N-dealkylation sites (tertiary alicyclic amines) is 1. The van der Waals surface area contributed by atoms with E-state index < -0.39 is 29.4 Å². The van der Waals surface area contributed by atoms with Gasteiger partial charge in [0.25, 0.3) is 0 Å². The van der Waals surface area contributed by atoms with Crippen LogP contribution >= 0.6 is 0 Å². The fourth-order valence-electron chi connectivity index (χ4n) is 3.79. The first kappa shape index (κ1) is 24.9. The number of aliphatic carboxylic acids is 1. The highest BCUT2D eigenvalue weighted by atomic mass is 19.4. The van der Waals surface area contributed by atoms with Crippen LogP contribution in [0.2, 0.25) is 0 Å². The fourth-order valence-corrected chi connectivity index (χ4v) is 3.79. The van der Waals surface area contributed by atoms with Crippen molar-refractivity contribution >= 4 is 5.97 Å². The summed E-state index contributed by atoms with van der Waals surface area (Å²) < 4.78 is 84.2. The molecule has 0 bridgehead atoms. The predicted octanol–water partition coefficient (Wildman–Crippen LogP) is 5.64. The second kappa shape index (κ2) is 10.0. The Balaban J connectivity index is 1.49. The third-order valence-electron chi connectivity index (χ3n) is 5.49. The number of alkyl halides is 6. The molecule has 0 saturated carbocycles. The van der Waals surface area contributed by atoms with Crippen LogP contribution in [0.5, 0.6) is 5.75 Å². The predicted molar refractivity (Wildman–Crippen MR) is 108 cm³/mol. The SMILES string of the molecule is O=C(O)CCc1cccc(OCCC2CN(Cc3cc(C(F)(F)F)ccc3C(F)(F)F)C2)c1. The minimum Gasteiger partial charge on any atom is -0.494 e. The maximum atomic E-state index is 13.2. The zero-order valence-electron chi connectivity index (χ0n) is 17.5. The van der Waals surface area contributed by atoms with E-state index >= 15 is 0 Å². The van der Waals surface area contributed by atoms with Gasteiger partial charge < -0.3 is 9.84 Å². The lowest BCUT2D eigenvalue weighted by atomic mass is 9.94. The van der Waals surface area contributed by atoms with Gasteiger partial charge in [-0.2, -0.15) is 26.3 Å². The molecule has 1 aliphatic rings. The summed E-state index contributed by atoms with van der Waals surface area (Å²) >= 11 is 0. The highest BCUT2D eigenvalue weighted by molar-refractivity contribution is 5.67. The Morgan fingerprint density at radius 3 is 2.39 bits per heavy atom. The van der Waals surface area contributed by atoms with Crippen molar-refractivity contribution in [3.63, 3.8) is 0 Å². The normalized spacial score (nSPS) is 15.3. The minimum atomic E-state index is -4.73. The summed E-state index contributed by atoms with van der Waals surface area (Å²) in [7, 11) is 0. The van der Waals surface area contributed by atoms with Crippen molar-refractivity contribution in [1.29, 1.82) is 0 Å². The first-order chi connectivity index (χ1) is 15.4. The second-order valence-electron chi connectivity index (χ2n) is 8.11. The minimum absolute atomic E-state index is 0.0172. The van der Waals surface area contributed by atoms with Gasteiger partial charge in [-0.1, -0.05) is 12.1 Å². The maximum Gasteiger partial charge on any atom is 0.416 e. The van der Waals surface area contributed by atoms with Gasteiger partial charge in [0, 0.05) is 26.1 Å². The van der Waals surface area contributed by atoms with Gasteiger partial charge in [-0.25, -0.2) is 0 Å². The molecule has 0 aliphatic carbocycles. The summed E-state index contributed by atoms with van der Waals surface area (Å²) in [5.74, 6) is -0.114. The van der Waals surface area contributed by atoms with Crippen LogP contribution in [0.25, 0.3) is 0 Å². The van der Waals surface area contributed by atoms with E-state index in [2.05, 4.69) is 0 Å². The number of halogens is 6. The topological polar surface area (TPSA) is 49.8 Å². The Labute approximate surface area is 186 Å². The monoisotopic (exact) mass is 475 g/mol. The number of hydrogen-bond acceptors (Lipinski definition) is 3. The van der Waals surface area contributed by atoms with Crippen molar-refractivity contribution < 1.29 is 41.0 Å². The number of carboxylic acid groups (broad SMARTS) is 1. The molecule has 0 radical (unpaired) electrons. The van der Waals surface area contributed by atoms with E-state index in [1.54, 1.807) is 23.1 Å². The molecule has 1 aliphatic heterocycles. The van der Waals surface area contributed by atoms with Gasteiger partial charge in [0.15, 0.2) is 0 Å². The summed E-state index contributed by atoms with van der Waals surface area (Å²) in [6, 6.07) is 8.63. The lowest BCUT2D eigenvalue weighted by Crippen LogP contribution is -2.46. The van der Waals surface area contributed by atoms with E-state index in [-0.39, 0.29) is 24.4 Å². The van der Waals surface area contributed by atoms with Gasteiger partial charge in [0.05, 0.1) is 17.7 Å². The second-order valence-corrected chi connectivity index (χ2v) is 8.11. The third kappa shape index (κ3) is 7.12. The molecular formula is C23H23F6NO3.